The minimum Gasteiger partial charge on any atom is -0.236 e. The molecule has 0 fully saturated rings. The summed E-state index contributed by atoms with van der Waals surface area (Å²) >= 11 is 0. The second-order valence-corrected chi connectivity index (χ2v) is 5.35. The molecule has 2 heterocycles. The summed E-state index contributed by atoms with van der Waals surface area (Å²) in [4.78, 5) is 4.64. The normalized spacial score (nSPS) is 11.0. The smallest absolute Gasteiger partial charge is 0.162 e. The number of nitrogens with zero attached hydrogens (tertiary/aromatic N) is 3. The standard InChI is InChI=1S/C19H15N3/c1-14-7-5-6-10-17(14)18-12-21-22-13-16(11-20-19(18)22)15-8-3-2-4-9-15/h2-13H,1H3. The molecule has 0 aliphatic rings. The van der Waals surface area contributed by atoms with Crippen molar-refractivity contribution >= 4 is 5.65 Å². The Balaban J connectivity index is 1.87. The maximum Gasteiger partial charge on any atom is 0.162 e. The maximum absolute atomic E-state index is 4.64. The van der Waals surface area contributed by atoms with Crippen molar-refractivity contribution in [3.8, 4) is 22.3 Å². The van der Waals surface area contributed by atoms with Crippen LogP contribution in [0.15, 0.2) is 73.2 Å². The number of aromatic nitrogens is 3. The number of rotatable bonds is 2. The van der Waals surface area contributed by atoms with Gasteiger partial charge >= 0.3 is 0 Å². The minimum atomic E-state index is 0.883. The lowest BCUT2D eigenvalue weighted by Gasteiger charge is -2.04. The monoisotopic (exact) mass is 285 g/mol. The fourth-order valence-electron chi connectivity index (χ4n) is 2.72. The average Bonchev–Trinajstić information content (AvgIpc) is 2.99. The Hall–Kier alpha value is -2.94. The van der Waals surface area contributed by atoms with Crippen molar-refractivity contribution in [1.82, 2.24) is 14.6 Å². The molecule has 0 saturated heterocycles. The molecule has 0 N–H and O–H groups in total. The molecule has 0 saturated carbocycles. The Bertz CT molecular complexity index is 939. The molecule has 0 amide bonds. The van der Waals surface area contributed by atoms with E-state index in [1.54, 1.807) is 0 Å². The predicted molar refractivity (Wildman–Crippen MR) is 88.6 cm³/mol. The van der Waals surface area contributed by atoms with Gasteiger partial charge in [-0.05, 0) is 23.6 Å². The van der Waals surface area contributed by atoms with Crippen molar-refractivity contribution in [1.29, 1.82) is 0 Å². The molecule has 106 valence electrons. The molecule has 4 rings (SSSR count). The van der Waals surface area contributed by atoms with Gasteiger partial charge in [-0.3, -0.25) is 0 Å². The van der Waals surface area contributed by atoms with E-state index in [0.29, 0.717) is 0 Å². The van der Waals surface area contributed by atoms with Crippen LogP contribution < -0.4 is 0 Å². The average molecular weight is 285 g/mol. The molecule has 0 bridgehead atoms. The van der Waals surface area contributed by atoms with Gasteiger partial charge in [0.2, 0.25) is 0 Å². The van der Waals surface area contributed by atoms with Crippen molar-refractivity contribution in [3.05, 3.63) is 78.8 Å². The summed E-state index contributed by atoms with van der Waals surface area (Å²) in [7, 11) is 0. The van der Waals surface area contributed by atoms with Gasteiger partial charge in [-0.25, -0.2) is 9.50 Å². The lowest BCUT2D eigenvalue weighted by atomic mass is 10.0. The second-order valence-electron chi connectivity index (χ2n) is 5.35. The highest BCUT2D eigenvalue weighted by Crippen LogP contribution is 2.27. The Labute approximate surface area is 128 Å². The molecule has 0 radical (unpaired) electrons. The van der Waals surface area contributed by atoms with E-state index in [2.05, 4.69) is 41.3 Å². The summed E-state index contributed by atoms with van der Waals surface area (Å²) in [6, 6.07) is 18.5. The molecule has 0 unspecified atom stereocenters. The molecule has 0 spiro atoms. The number of fused-ring (bicyclic) bond motifs is 1. The van der Waals surface area contributed by atoms with Gasteiger partial charge in [0.1, 0.15) is 0 Å². The molecule has 0 atom stereocenters. The third kappa shape index (κ3) is 2.07. The predicted octanol–water partition coefficient (Wildman–Crippen LogP) is 4.37. The summed E-state index contributed by atoms with van der Waals surface area (Å²) in [5.41, 5.74) is 6.56. The Morgan fingerprint density at radius 3 is 2.36 bits per heavy atom. The molecular formula is C19H15N3. The fourth-order valence-corrected chi connectivity index (χ4v) is 2.72. The molecule has 3 heteroatoms. The number of benzene rings is 2. The van der Waals surface area contributed by atoms with Crippen LogP contribution in [0.4, 0.5) is 0 Å². The van der Waals surface area contributed by atoms with E-state index in [-0.39, 0.29) is 0 Å². The Kier molecular flexibility index (Phi) is 2.97. The summed E-state index contributed by atoms with van der Waals surface area (Å²) < 4.78 is 1.85. The van der Waals surface area contributed by atoms with E-state index < -0.39 is 0 Å². The van der Waals surface area contributed by atoms with Gasteiger partial charge in [0, 0.05) is 23.5 Å². The number of aryl methyl sites for hydroxylation is 1. The van der Waals surface area contributed by atoms with Gasteiger partial charge in [-0.2, -0.15) is 5.10 Å². The van der Waals surface area contributed by atoms with E-state index in [1.807, 2.05) is 53.4 Å². The van der Waals surface area contributed by atoms with Crippen molar-refractivity contribution < 1.29 is 0 Å². The molecule has 22 heavy (non-hydrogen) atoms. The van der Waals surface area contributed by atoms with Crippen LogP contribution in [0, 0.1) is 6.92 Å². The topological polar surface area (TPSA) is 30.2 Å². The van der Waals surface area contributed by atoms with Crippen molar-refractivity contribution in [2.24, 2.45) is 0 Å². The van der Waals surface area contributed by atoms with Crippen LogP contribution in [0.5, 0.6) is 0 Å². The zero-order valence-electron chi connectivity index (χ0n) is 12.3. The molecule has 0 aliphatic heterocycles. The molecule has 2 aromatic carbocycles. The van der Waals surface area contributed by atoms with E-state index in [4.69, 9.17) is 0 Å². The zero-order valence-corrected chi connectivity index (χ0v) is 12.3. The number of hydrogen-bond donors (Lipinski definition) is 0. The Morgan fingerprint density at radius 2 is 1.55 bits per heavy atom. The summed E-state index contributed by atoms with van der Waals surface area (Å²) in [5, 5.41) is 4.48. The van der Waals surface area contributed by atoms with Gasteiger partial charge in [0.05, 0.1) is 6.20 Å². The third-order valence-corrected chi connectivity index (χ3v) is 3.90. The minimum absolute atomic E-state index is 0.883. The lowest BCUT2D eigenvalue weighted by Crippen LogP contribution is -1.92. The van der Waals surface area contributed by atoms with Crippen LogP contribution in [0.3, 0.4) is 0 Å². The molecule has 0 aliphatic carbocycles. The Morgan fingerprint density at radius 1 is 0.773 bits per heavy atom. The van der Waals surface area contributed by atoms with Gasteiger partial charge in [0.25, 0.3) is 0 Å². The summed E-state index contributed by atoms with van der Waals surface area (Å²) in [5.74, 6) is 0. The third-order valence-electron chi connectivity index (χ3n) is 3.90. The van der Waals surface area contributed by atoms with Crippen molar-refractivity contribution in [2.45, 2.75) is 6.92 Å². The first kappa shape index (κ1) is 12.8. The zero-order chi connectivity index (χ0) is 14.9. The highest BCUT2D eigenvalue weighted by Gasteiger charge is 2.10. The first-order chi connectivity index (χ1) is 10.8. The van der Waals surface area contributed by atoms with E-state index in [9.17, 15) is 0 Å². The van der Waals surface area contributed by atoms with Crippen molar-refractivity contribution in [2.75, 3.05) is 0 Å². The van der Waals surface area contributed by atoms with Gasteiger partial charge < -0.3 is 0 Å². The van der Waals surface area contributed by atoms with Gasteiger partial charge in [-0.15, -0.1) is 0 Å². The SMILES string of the molecule is Cc1ccccc1-c1cnn2cc(-c3ccccc3)cnc12. The van der Waals surface area contributed by atoms with Crippen LogP contribution in [0.2, 0.25) is 0 Å². The van der Waals surface area contributed by atoms with Gasteiger partial charge in [0.15, 0.2) is 5.65 Å². The number of hydrogen-bond acceptors (Lipinski definition) is 2. The van der Waals surface area contributed by atoms with Crippen LogP contribution >= 0.6 is 0 Å². The fraction of sp³-hybridized carbons (Fsp3) is 0.0526. The van der Waals surface area contributed by atoms with E-state index in [0.717, 1.165) is 22.3 Å². The van der Waals surface area contributed by atoms with Crippen LogP contribution in [-0.2, 0) is 0 Å². The first-order valence-corrected chi connectivity index (χ1v) is 7.28. The quantitative estimate of drug-likeness (QED) is 0.547. The molecule has 4 aromatic rings. The van der Waals surface area contributed by atoms with Crippen LogP contribution in [-0.4, -0.2) is 14.6 Å². The van der Waals surface area contributed by atoms with Gasteiger partial charge in [-0.1, -0.05) is 54.6 Å². The maximum atomic E-state index is 4.64. The van der Waals surface area contributed by atoms with Crippen molar-refractivity contribution in [3.63, 3.8) is 0 Å². The van der Waals surface area contributed by atoms with Crippen LogP contribution in [0.1, 0.15) is 5.56 Å². The first-order valence-electron chi connectivity index (χ1n) is 7.28. The molecule has 3 nitrogen and oxygen atoms in total. The summed E-state index contributed by atoms with van der Waals surface area (Å²) in [6.45, 7) is 2.11. The van der Waals surface area contributed by atoms with Crippen LogP contribution in [0.25, 0.3) is 27.9 Å². The molecular weight excluding hydrogens is 270 g/mol. The highest BCUT2D eigenvalue weighted by molar-refractivity contribution is 5.79. The summed E-state index contributed by atoms with van der Waals surface area (Å²) in [6.07, 6.45) is 5.83. The van der Waals surface area contributed by atoms with E-state index >= 15 is 0 Å². The molecule has 2 aromatic heterocycles. The largest absolute Gasteiger partial charge is 0.236 e. The highest BCUT2D eigenvalue weighted by atomic mass is 15.2. The lowest BCUT2D eigenvalue weighted by molar-refractivity contribution is 0.941. The van der Waals surface area contributed by atoms with E-state index in [1.165, 1.54) is 11.1 Å². The second kappa shape index (κ2) is 5.11.